The number of hydrogen-bond donors (Lipinski definition) is 1. The van der Waals surface area contributed by atoms with Gasteiger partial charge in [-0.15, -0.1) is 3.93 Å². The highest BCUT2D eigenvalue weighted by atomic mass is 79.9. The van der Waals surface area contributed by atoms with Gasteiger partial charge in [0.25, 0.3) is 16.3 Å². The topological polar surface area (TPSA) is 66.6 Å². The third-order valence-corrected chi connectivity index (χ3v) is 2.16. The van der Waals surface area contributed by atoms with Crippen LogP contribution in [0.15, 0.2) is 30.3 Å². The summed E-state index contributed by atoms with van der Waals surface area (Å²) in [6, 6.07) is 7.61. The summed E-state index contributed by atoms with van der Waals surface area (Å²) in [6.07, 6.45) is 0.0886. The van der Waals surface area contributed by atoms with E-state index >= 15 is 0 Å². The Bertz CT molecular complexity index is 354. The van der Waals surface area contributed by atoms with Gasteiger partial charge in [0, 0.05) is 0 Å². The number of halogens is 1. The lowest BCUT2D eigenvalue weighted by Gasteiger charge is -2.01. The molecule has 0 aliphatic heterocycles. The number of carbonyl (C=O) groups is 1. The Morgan fingerprint density at radius 3 is 2.53 bits per heavy atom. The van der Waals surface area contributed by atoms with Crippen molar-refractivity contribution in [3.8, 4) is 0 Å². The van der Waals surface area contributed by atoms with Crippen molar-refractivity contribution < 1.29 is 18.8 Å². The van der Waals surface area contributed by atoms with Gasteiger partial charge in [0.05, 0.1) is 11.3 Å². The molecule has 1 unspecified atom stereocenters. The van der Waals surface area contributed by atoms with Crippen LogP contribution < -0.4 is 0 Å². The van der Waals surface area contributed by atoms with Crippen molar-refractivity contribution in [2.75, 3.05) is 0 Å². The highest BCUT2D eigenvalue weighted by Gasteiger charge is 2.36. The molecule has 1 N–H and O–H groups in total. The maximum Gasteiger partial charge on any atom is 0.384 e. The maximum absolute atomic E-state index is 11.0. The lowest BCUT2D eigenvalue weighted by Crippen LogP contribution is -2.33. The van der Waals surface area contributed by atoms with Gasteiger partial charge in [-0.2, -0.15) is 0 Å². The minimum Gasteiger partial charge on any atom is -0.476 e. The molecule has 0 saturated heterocycles. The van der Waals surface area contributed by atoms with Crippen molar-refractivity contribution in [2.24, 2.45) is 0 Å². The summed E-state index contributed by atoms with van der Waals surface area (Å²) < 4.78 is 4.16. The lowest BCUT2D eigenvalue weighted by molar-refractivity contribution is -0.770. The average Bonchev–Trinajstić information content (AvgIpc) is 2.26. The first-order valence-electron chi connectivity index (χ1n) is 4.17. The zero-order valence-electron chi connectivity index (χ0n) is 7.67. The summed E-state index contributed by atoms with van der Waals surface area (Å²) in [5.41, 5.74) is 0.760. The third-order valence-electron chi connectivity index (χ3n) is 1.88. The Morgan fingerprint density at radius 1 is 1.47 bits per heavy atom. The van der Waals surface area contributed by atoms with Crippen LogP contribution >= 0.6 is 16.3 Å². The van der Waals surface area contributed by atoms with Crippen molar-refractivity contribution in [1.29, 1.82) is 0 Å². The number of aliphatic carboxylic acids is 1. The highest BCUT2D eigenvalue weighted by molar-refractivity contribution is 9.05. The molecule has 0 fully saturated rings. The van der Waals surface area contributed by atoms with E-state index in [4.69, 9.17) is 5.11 Å². The summed E-state index contributed by atoms with van der Waals surface area (Å²) in [7, 11) is 0. The van der Waals surface area contributed by atoms with Crippen molar-refractivity contribution in [2.45, 2.75) is 12.5 Å². The monoisotopic (exact) mass is 274 g/mol. The molecular formula is C9H9BrNO4+. The molecule has 1 atom stereocenters. The summed E-state index contributed by atoms with van der Waals surface area (Å²) in [5, 5.41) is 8.79. The predicted octanol–water partition coefficient (Wildman–Crippen LogP) is 1.70. The van der Waals surface area contributed by atoms with Gasteiger partial charge in [-0.05, 0) is 5.56 Å². The fourth-order valence-corrected chi connectivity index (χ4v) is 1.34. The zero-order chi connectivity index (χ0) is 11.3. The van der Waals surface area contributed by atoms with Gasteiger partial charge in [0.2, 0.25) is 4.92 Å². The molecule has 0 saturated carbocycles. The third kappa shape index (κ3) is 3.32. The van der Waals surface area contributed by atoms with Crippen molar-refractivity contribution in [3.05, 3.63) is 40.8 Å². The number of nitrogens with zero attached hydrogens (tertiary/aromatic N) is 1. The minimum atomic E-state index is -1.26. The Kier molecular flexibility index (Phi) is 4.23. The molecule has 0 aliphatic rings. The molecule has 0 spiro atoms. The Hall–Kier alpha value is -1.43. The van der Waals surface area contributed by atoms with Gasteiger partial charge in [-0.3, -0.25) is 0 Å². The summed E-state index contributed by atoms with van der Waals surface area (Å²) in [5.74, 6) is -1.23. The number of hydrogen-bond acceptors (Lipinski definition) is 3. The second-order valence-corrected chi connectivity index (χ2v) is 3.19. The molecule has 1 aromatic carbocycles. The van der Waals surface area contributed by atoms with E-state index in [0.29, 0.717) is 0 Å². The molecule has 0 radical (unpaired) electrons. The second kappa shape index (κ2) is 5.45. The maximum atomic E-state index is 11.0. The van der Waals surface area contributed by atoms with E-state index in [1.165, 1.54) is 0 Å². The predicted molar refractivity (Wildman–Crippen MR) is 55.2 cm³/mol. The van der Waals surface area contributed by atoms with Gasteiger partial charge < -0.3 is 5.11 Å². The van der Waals surface area contributed by atoms with Crippen LogP contribution in [0.3, 0.4) is 0 Å². The molecule has 0 amide bonds. The Labute approximate surface area is 94.6 Å². The first kappa shape index (κ1) is 11.6. The van der Waals surface area contributed by atoms with E-state index in [0.717, 1.165) is 5.56 Å². The first-order valence-corrected chi connectivity index (χ1v) is 4.81. The summed E-state index contributed by atoms with van der Waals surface area (Å²) in [6.45, 7) is 0. The van der Waals surface area contributed by atoms with E-state index in [-0.39, 0.29) is 11.3 Å². The fraction of sp³-hybridized carbons (Fsp3) is 0.222. The Morgan fingerprint density at radius 2 is 2.07 bits per heavy atom. The molecule has 0 heterocycles. The highest BCUT2D eigenvalue weighted by Crippen LogP contribution is 2.07. The first-order chi connectivity index (χ1) is 7.15. The van der Waals surface area contributed by atoms with E-state index in [9.17, 15) is 9.70 Å². The van der Waals surface area contributed by atoms with Crippen molar-refractivity contribution >= 4 is 22.2 Å². The van der Waals surface area contributed by atoms with Crippen LogP contribution in [0.2, 0.25) is 0 Å². The number of benzene rings is 1. The Balaban J connectivity index is 2.76. The molecule has 1 rings (SSSR count). The van der Waals surface area contributed by atoms with Crippen LogP contribution in [0.1, 0.15) is 5.56 Å². The van der Waals surface area contributed by atoms with E-state index in [1.54, 1.807) is 24.3 Å². The summed E-state index contributed by atoms with van der Waals surface area (Å²) >= 11 is 2.45. The summed E-state index contributed by atoms with van der Waals surface area (Å²) in [4.78, 5) is 21.8. The lowest BCUT2D eigenvalue weighted by atomic mass is 10.1. The van der Waals surface area contributed by atoms with Crippen LogP contribution in [0.4, 0.5) is 0 Å². The molecule has 5 nitrogen and oxygen atoms in total. The smallest absolute Gasteiger partial charge is 0.384 e. The molecule has 0 aromatic heterocycles. The molecule has 0 bridgehead atoms. The number of rotatable bonds is 5. The van der Waals surface area contributed by atoms with Crippen molar-refractivity contribution in [3.63, 3.8) is 0 Å². The molecule has 15 heavy (non-hydrogen) atoms. The molecule has 1 aromatic rings. The molecule has 80 valence electrons. The van der Waals surface area contributed by atoms with Crippen LogP contribution in [0, 0.1) is 4.91 Å². The van der Waals surface area contributed by atoms with Gasteiger partial charge in [-0.25, -0.2) is 4.79 Å². The van der Waals surface area contributed by atoms with Crippen molar-refractivity contribution in [1.82, 2.24) is 0 Å². The van der Waals surface area contributed by atoms with Crippen LogP contribution in [0.5, 0.6) is 0 Å². The van der Waals surface area contributed by atoms with Gasteiger partial charge in [-0.1, -0.05) is 30.3 Å². The zero-order valence-corrected chi connectivity index (χ0v) is 9.25. The fourth-order valence-electron chi connectivity index (χ4n) is 1.14. The standard InChI is InChI=1S/C9H8BrNO4/c10-15-11(14)8(9(12)13)6-7-4-2-1-3-5-7/h1-5,8H,6H2/p+1. The minimum absolute atomic E-state index is 0.00926. The number of carboxylic acid groups (broad SMARTS) is 1. The second-order valence-electron chi connectivity index (χ2n) is 2.90. The van der Waals surface area contributed by atoms with Gasteiger partial charge in [0.1, 0.15) is 0 Å². The van der Waals surface area contributed by atoms with E-state index in [1.807, 2.05) is 6.07 Å². The van der Waals surface area contributed by atoms with E-state index in [2.05, 4.69) is 20.2 Å². The largest absolute Gasteiger partial charge is 0.476 e. The molecule has 6 heteroatoms. The SMILES string of the molecule is O=C(O)C(Cc1ccccc1)[N+](=O)OBr. The number of carboxylic acids is 1. The van der Waals surface area contributed by atoms with Gasteiger partial charge >= 0.3 is 12.0 Å². The quantitative estimate of drug-likeness (QED) is 0.830. The van der Waals surface area contributed by atoms with Gasteiger partial charge in [0.15, 0.2) is 0 Å². The van der Waals surface area contributed by atoms with Crippen LogP contribution in [-0.4, -0.2) is 22.0 Å². The van der Waals surface area contributed by atoms with E-state index < -0.39 is 12.0 Å². The van der Waals surface area contributed by atoms with Crippen LogP contribution in [0.25, 0.3) is 0 Å². The van der Waals surface area contributed by atoms with Crippen LogP contribution in [-0.2, 0) is 15.1 Å². The molecular weight excluding hydrogens is 266 g/mol. The normalized spacial score (nSPS) is 11.8. The molecule has 0 aliphatic carbocycles. The average molecular weight is 275 g/mol.